The molecule has 17 heavy (non-hydrogen) atoms. The topological polar surface area (TPSA) is 69.2 Å². The Bertz CT molecular complexity index is 448. The van der Waals surface area contributed by atoms with E-state index in [0.717, 1.165) is 25.7 Å². The van der Waals surface area contributed by atoms with Gasteiger partial charge in [0.2, 0.25) is 5.88 Å². The summed E-state index contributed by atoms with van der Waals surface area (Å²) in [5.74, 6) is 0.608. The van der Waals surface area contributed by atoms with Gasteiger partial charge in [0.25, 0.3) is 5.56 Å². The maximum atomic E-state index is 12.0. The highest BCUT2D eigenvalue weighted by molar-refractivity contribution is 5.27. The number of aromatic amines is 1. The van der Waals surface area contributed by atoms with Crippen molar-refractivity contribution in [2.75, 3.05) is 14.1 Å². The lowest BCUT2D eigenvalue weighted by Crippen LogP contribution is -2.22. The summed E-state index contributed by atoms with van der Waals surface area (Å²) >= 11 is 0. The molecule has 2 N–H and O–H groups in total. The van der Waals surface area contributed by atoms with Gasteiger partial charge in [0.1, 0.15) is 5.82 Å². The largest absolute Gasteiger partial charge is 0.493 e. The molecule has 0 amide bonds. The molecule has 0 atom stereocenters. The summed E-state index contributed by atoms with van der Waals surface area (Å²) < 4.78 is 0. The Morgan fingerprint density at radius 2 is 2.06 bits per heavy atom. The maximum Gasteiger partial charge on any atom is 0.258 e. The molecule has 94 valence electrons. The van der Waals surface area contributed by atoms with E-state index in [-0.39, 0.29) is 17.4 Å². The van der Waals surface area contributed by atoms with Crippen molar-refractivity contribution in [1.29, 1.82) is 0 Å². The van der Waals surface area contributed by atoms with Gasteiger partial charge in [-0.3, -0.25) is 4.79 Å². The van der Waals surface area contributed by atoms with Gasteiger partial charge in [-0.15, -0.1) is 0 Å². The van der Waals surface area contributed by atoms with Crippen LogP contribution in [0, 0.1) is 0 Å². The fourth-order valence-electron chi connectivity index (χ4n) is 2.47. The van der Waals surface area contributed by atoms with Crippen molar-refractivity contribution in [2.45, 2.75) is 38.1 Å². The van der Waals surface area contributed by atoms with Crippen LogP contribution < -0.4 is 5.56 Å². The summed E-state index contributed by atoms with van der Waals surface area (Å²) in [6, 6.07) is 0. The van der Waals surface area contributed by atoms with Crippen LogP contribution >= 0.6 is 0 Å². The minimum Gasteiger partial charge on any atom is -0.493 e. The Labute approximate surface area is 100 Å². The van der Waals surface area contributed by atoms with Gasteiger partial charge in [-0.05, 0) is 32.9 Å². The predicted molar refractivity (Wildman–Crippen MR) is 65.1 cm³/mol. The van der Waals surface area contributed by atoms with Gasteiger partial charge in [0.05, 0.1) is 12.1 Å². The number of hydrogen-bond acceptors (Lipinski definition) is 4. The fraction of sp³-hybridized carbons (Fsp3) is 0.667. The minimum atomic E-state index is -0.179. The van der Waals surface area contributed by atoms with Crippen molar-refractivity contribution in [3.8, 4) is 5.88 Å². The van der Waals surface area contributed by atoms with Crippen LogP contribution in [0.3, 0.4) is 0 Å². The summed E-state index contributed by atoms with van der Waals surface area (Å²) in [6.45, 7) is 0.522. The van der Waals surface area contributed by atoms with Crippen molar-refractivity contribution in [3.05, 3.63) is 21.7 Å². The van der Waals surface area contributed by atoms with E-state index in [9.17, 15) is 9.90 Å². The quantitative estimate of drug-likeness (QED) is 0.828. The molecular formula is C12H19N3O2. The number of H-pyrrole nitrogens is 1. The molecular weight excluding hydrogens is 218 g/mol. The molecule has 2 rings (SSSR count). The second kappa shape index (κ2) is 4.87. The Balaban J connectivity index is 2.32. The molecule has 0 saturated heterocycles. The van der Waals surface area contributed by atoms with Crippen LogP contribution in [0.15, 0.2) is 4.79 Å². The van der Waals surface area contributed by atoms with Gasteiger partial charge < -0.3 is 15.0 Å². The molecule has 0 aromatic carbocycles. The number of aromatic nitrogens is 2. The van der Waals surface area contributed by atoms with Crippen LogP contribution in [0.1, 0.15) is 43.0 Å². The third kappa shape index (κ3) is 2.66. The van der Waals surface area contributed by atoms with Crippen LogP contribution in [0.25, 0.3) is 0 Å². The molecule has 1 fully saturated rings. The van der Waals surface area contributed by atoms with Gasteiger partial charge in [0, 0.05) is 0 Å². The van der Waals surface area contributed by atoms with E-state index >= 15 is 0 Å². The maximum absolute atomic E-state index is 12.0. The number of aromatic hydroxyl groups is 1. The molecule has 0 unspecified atom stereocenters. The van der Waals surface area contributed by atoms with E-state index in [1.165, 1.54) is 0 Å². The average Bonchev–Trinajstić information content (AvgIpc) is 2.68. The van der Waals surface area contributed by atoms with Crippen LogP contribution in [-0.4, -0.2) is 34.1 Å². The molecule has 1 saturated carbocycles. The zero-order valence-corrected chi connectivity index (χ0v) is 10.4. The minimum absolute atomic E-state index is 0.0856. The third-order valence-corrected chi connectivity index (χ3v) is 3.21. The van der Waals surface area contributed by atoms with Crippen LogP contribution in [0.4, 0.5) is 0 Å². The first-order valence-electron chi connectivity index (χ1n) is 6.04. The molecule has 1 heterocycles. The first-order chi connectivity index (χ1) is 8.08. The van der Waals surface area contributed by atoms with Gasteiger partial charge in [0.15, 0.2) is 0 Å². The summed E-state index contributed by atoms with van der Waals surface area (Å²) in [4.78, 5) is 20.7. The number of rotatable bonds is 3. The highest BCUT2D eigenvalue weighted by atomic mass is 16.3. The lowest BCUT2D eigenvalue weighted by Gasteiger charge is -2.13. The van der Waals surface area contributed by atoms with E-state index in [4.69, 9.17) is 0 Å². The summed E-state index contributed by atoms with van der Waals surface area (Å²) in [5, 5.41) is 9.90. The Morgan fingerprint density at radius 3 is 2.59 bits per heavy atom. The molecule has 5 nitrogen and oxygen atoms in total. The summed E-state index contributed by atoms with van der Waals surface area (Å²) in [5.41, 5.74) is 0.297. The number of hydrogen-bond donors (Lipinski definition) is 2. The predicted octanol–water partition coefficient (Wildman–Crippen LogP) is 1.19. The van der Waals surface area contributed by atoms with Crippen molar-refractivity contribution in [1.82, 2.24) is 14.9 Å². The first-order valence-corrected chi connectivity index (χ1v) is 6.04. The SMILES string of the molecule is CN(C)Cc1nc(O)c(C2CCCC2)c(=O)[nH]1. The zero-order valence-electron chi connectivity index (χ0n) is 10.4. The van der Waals surface area contributed by atoms with Gasteiger partial charge in [-0.25, -0.2) is 0 Å². The number of nitrogens with one attached hydrogen (secondary N) is 1. The second-order valence-corrected chi connectivity index (χ2v) is 4.97. The van der Waals surface area contributed by atoms with Crippen molar-refractivity contribution in [3.63, 3.8) is 0 Å². The Kier molecular flexibility index (Phi) is 3.47. The van der Waals surface area contributed by atoms with E-state index in [1.807, 2.05) is 19.0 Å². The van der Waals surface area contributed by atoms with E-state index in [2.05, 4.69) is 9.97 Å². The van der Waals surface area contributed by atoms with Gasteiger partial charge in [-0.2, -0.15) is 4.98 Å². The molecule has 0 bridgehead atoms. The number of nitrogens with zero attached hydrogens (tertiary/aromatic N) is 2. The molecule has 0 spiro atoms. The van der Waals surface area contributed by atoms with Gasteiger partial charge >= 0.3 is 0 Å². The second-order valence-electron chi connectivity index (χ2n) is 4.97. The molecule has 1 aliphatic rings. The lowest BCUT2D eigenvalue weighted by atomic mass is 10.00. The fourth-order valence-corrected chi connectivity index (χ4v) is 2.47. The lowest BCUT2D eigenvalue weighted by molar-refractivity contribution is 0.378. The smallest absolute Gasteiger partial charge is 0.258 e. The standard InChI is InChI=1S/C12H19N3O2/c1-15(2)7-9-13-11(16)10(12(17)14-9)8-5-3-4-6-8/h8H,3-7H2,1-2H3,(H2,13,14,16,17). The monoisotopic (exact) mass is 237 g/mol. The average molecular weight is 237 g/mol. The third-order valence-electron chi connectivity index (χ3n) is 3.21. The van der Waals surface area contributed by atoms with Crippen LogP contribution in [0.2, 0.25) is 0 Å². The molecule has 1 aromatic heterocycles. The molecule has 1 aromatic rings. The highest BCUT2D eigenvalue weighted by Crippen LogP contribution is 2.35. The molecule has 5 heteroatoms. The van der Waals surface area contributed by atoms with Crippen molar-refractivity contribution >= 4 is 0 Å². The molecule has 0 aliphatic heterocycles. The summed E-state index contributed by atoms with van der Waals surface area (Å²) in [7, 11) is 3.78. The molecule has 1 aliphatic carbocycles. The summed E-state index contributed by atoms with van der Waals surface area (Å²) in [6.07, 6.45) is 4.21. The van der Waals surface area contributed by atoms with Crippen LogP contribution in [-0.2, 0) is 6.54 Å². The Hall–Kier alpha value is -1.36. The molecule has 0 radical (unpaired) electrons. The van der Waals surface area contributed by atoms with E-state index in [0.29, 0.717) is 17.9 Å². The van der Waals surface area contributed by atoms with E-state index < -0.39 is 0 Å². The first kappa shape index (κ1) is 12.1. The van der Waals surface area contributed by atoms with E-state index in [1.54, 1.807) is 0 Å². The zero-order chi connectivity index (χ0) is 12.4. The van der Waals surface area contributed by atoms with Gasteiger partial charge in [-0.1, -0.05) is 12.8 Å². The van der Waals surface area contributed by atoms with Crippen molar-refractivity contribution in [2.24, 2.45) is 0 Å². The van der Waals surface area contributed by atoms with Crippen LogP contribution in [0.5, 0.6) is 5.88 Å². The van der Waals surface area contributed by atoms with Crippen molar-refractivity contribution < 1.29 is 5.11 Å². The Morgan fingerprint density at radius 1 is 1.41 bits per heavy atom. The normalized spacial score (nSPS) is 16.9. The highest BCUT2D eigenvalue weighted by Gasteiger charge is 2.24.